The van der Waals surface area contributed by atoms with Crippen molar-refractivity contribution in [2.45, 2.75) is 17.6 Å². The Morgan fingerprint density at radius 1 is 1.16 bits per heavy atom. The second-order valence-corrected chi connectivity index (χ2v) is 4.71. The van der Waals surface area contributed by atoms with E-state index in [4.69, 9.17) is 0 Å². The van der Waals surface area contributed by atoms with Crippen molar-refractivity contribution in [1.82, 2.24) is 10.6 Å². The zero-order valence-electron chi connectivity index (χ0n) is 10.3. The van der Waals surface area contributed by atoms with Gasteiger partial charge in [0, 0.05) is 30.5 Å². The van der Waals surface area contributed by atoms with E-state index in [0.29, 0.717) is 35.3 Å². The lowest BCUT2D eigenvalue weighted by atomic mass is 10.2. The van der Waals surface area contributed by atoms with Gasteiger partial charge >= 0.3 is 0 Å². The number of halogens is 2. The molecule has 4 nitrogen and oxygen atoms in total. The smallest absolute Gasteiger partial charge is 0.288 e. The number of carbonyl (C=O) groups is 2. The first-order chi connectivity index (χ1) is 8.99. The molecule has 0 heterocycles. The molecule has 7 heteroatoms. The van der Waals surface area contributed by atoms with Crippen LogP contribution in [0.25, 0.3) is 0 Å². The molecule has 19 heavy (non-hydrogen) atoms. The van der Waals surface area contributed by atoms with Crippen LogP contribution in [0.3, 0.4) is 0 Å². The Bertz CT molecular complexity index is 438. The highest BCUT2D eigenvalue weighted by atomic mass is 32.2. The molecule has 0 saturated heterocycles. The van der Waals surface area contributed by atoms with Crippen LogP contribution in [-0.4, -0.2) is 30.7 Å². The molecule has 0 saturated carbocycles. The van der Waals surface area contributed by atoms with E-state index in [-0.39, 0.29) is 11.8 Å². The molecule has 0 unspecified atom stereocenters. The lowest BCUT2D eigenvalue weighted by Gasteiger charge is -2.06. The average Bonchev–Trinajstić information content (AvgIpc) is 2.34. The van der Waals surface area contributed by atoms with Crippen molar-refractivity contribution in [2.75, 3.05) is 13.1 Å². The Morgan fingerprint density at radius 2 is 1.74 bits per heavy atom. The molecule has 0 aliphatic rings. The number of carbonyl (C=O) groups excluding carboxylic acids is 2. The van der Waals surface area contributed by atoms with Crippen LogP contribution < -0.4 is 10.6 Å². The summed E-state index contributed by atoms with van der Waals surface area (Å²) in [5, 5.41) is 5.15. The van der Waals surface area contributed by atoms with Gasteiger partial charge in [-0.25, -0.2) is 0 Å². The molecule has 0 radical (unpaired) electrons. The normalized spacial score (nSPS) is 10.3. The quantitative estimate of drug-likeness (QED) is 0.620. The third kappa shape index (κ3) is 6.19. The fourth-order valence-corrected chi connectivity index (χ4v) is 1.80. The molecule has 0 aliphatic carbocycles. The minimum atomic E-state index is -2.47. The van der Waals surface area contributed by atoms with Gasteiger partial charge in [0.15, 0.2) is 0 Å². The summed E-state index contributed by atoms with van der Waals surface area (Å²) in [5.74, 6) is -2.95. The van der Waals surface area contributed by atoms with Gasteiger partial charge in [0.25, 0.3) is 11.7 Å². The summed E-state index contributed by atoms with van der Waals surface area (Å²) in [4.78, 5) is 22.6. The SMILES string of the molecule is CC(=O)NCCNC(=O)c1ccc(SC(F)F)cc1. The van der Waals surface area contributed by atoms with Crippen LogP contribution in [0.4, 0.5) is 8.78 Å². The van der Waals surface area contributed by atoms with Gasteiger partial charge in [-0.2, -0.15) is 8.78 Å². The molecule has 0 bridgehead atoms. The van der Waals surface area contributed by atoms with Crippen LogP contribution in [0.2, 0.25) is 0 Å². The average molecular weight is 288 g/mol. The maximum Gasteiger partial charge on any atom is 0.288 e. The zero-order chi connectivity index (χ0) is 14.3. The number of alkyl halides is 2. The molecule has 0 aromatic heterocycles. The van der Waals surface area contributed by atoms with Gasteiger partial charge in [-0.3, -0.25) is 9.59 Å². The number of hydrogen-bond acceptors (Lipinski definition) is 3. The largest absolute Gasteiger partial charge is 0.355 e. The highest BCUT2D eigenvalue weighted by Gasteiger charge is 2.07. The van der Waals surface area contributed by atoms with Crippen molar-refractivity contribution >= 4 is 23.6 Å². The summed E-state index contributed by atoms with van der Waals surface area (Å²) in [7, 11) is 0. The van der Waals surface area contributed by atoms with E-state index in [0.717, 1.165) is 0 Å². The maximum absolute atomic E-state index is 12.1. The Hall–Kier alpha value is -1.63. The van der Waals surface area contributed by atoms with Gasteiger partial charge in [0.2, 0.25) is 5.91 Å². The number of nitrogens with one attached hydrogen (secondary N) is 2. The summed E-state index contributed by atoms with van der Waals surface area (Å²) >= 11 is 0.431. The maximum atomic E-state index is 12.1. The zero-order valence-corrected chi connectivity index (χ0v) is 11.1. The molecule has 2 amide bonds. The van der Waals surface area contributed by atoms with Crippen molar-refractivity contribution < 1.29 is 18.4 Å². The fraction of sp³-hybridized carbons (Fsp3) is 0.333. The molecular formula is C12H14F2N2O2S. The molecule has 1 aromatic carbocycles. The Morgan fingerprint density at radius 3 is 2.26 bits per heavy atom. The van der Waals surface area contributed by atoms with E-state index >= 15 is 0 Å². The third-order valence-corrected chi connectivity index (χ3v) is 2.85. The van der Waals surface area contributed by atoms with Gasteiger partial charge < -0.3 is 10.6 Å². The minimum Gasteiger partial charge on any atom is -0.355 e. The highest BCUT2D eigenvalue weighted by molar-refractivity contribution is 7.99. The van der Waals surface area contributed by atoms with Gasteiger partial charge in [0.1, 0.15) is 0 Å². The highest BCUT2D eigenvalue weighted by Crippen LogP contribution is 2.24. The van der Waals surface area contributed by atoms with Crippen molar-refractivity contribution in [3.63, 3.8) is 0 Å². The first-order valence-electron chi connectivity index (χ1n) is 5.56. The van der Waals surface area contributed by atoms with Crippen LogP contribution in [-0.2, 0) is 4.79 Å². The number of hydrogen-bond donors (Lipinski definition) is 2. The van der Waals surface area contributed by atoms with Crippen LogP contribution in [0.15, 0.2) is 29.2 Å². The van der Waals surface area contributed by atoms with Crippen LogP contribution in [0.1, 0.15) is 17.3 Å². The van der Waals surface area contributed by atoms with E-state index in [1.807, 2.05) is 0 Å². The second-order valence-electron chi connectivity index (χ2n) is 3.64. The lowest BCUT2D eigenvalue weighted by molar-refractivity contribution is -0.118. The number of thioether (sulfide) groups is 1. The van der Waals surface area contributed by atoms with Gasteiger partial charge in [-0.1, -0.05) is 11.8 Å². The van der Waals surface area contributed by atoms with E-state index in [1.54, 1.807) is 0 Å². The minimum absolute atomic E-state index is 0.164. The van der Waals surface area contributed by atoms with E-state index < -0.39 is 5.76 Å². The van der Waals surface area contributed by atoms with Crippen molar-refractivity contribution in [3.8, 4) is 0 Å². The van der Waals surface area contributed by atoms with E-state index in [2.05, 4.69) is 10.6 Å². The molecule has 1 rings (SSSR count). The third-order valence-electron chi connectivity index (χ3n) is 2.13. The Labute approximate surface area is 113 Å². The topological polar surface area (TPSA) is 58.2 Å². The standard InChI is InChI=1S/C12H14F2N2O2S/c1-8(17)15-6-7-16-11(18)9-2-4-10(5-3-9)19-12(13)14/h2-5,12H,6-7H2,1H3,(H,15,17)(H,16,18). The van der Waals surface area contributed by atoms with Crippen molar-refractivity contribution in [1.29, 1.82) is 0 Å². The number of benzene rings is 1. The Balaban J connectivity index is 2.42. The molecular weight excluding hydrogens is 274 g/mol. The second kappa shape index (κ2) is 7.73. The van der Waals surface area contributed by atoms with Gasteiger partial charge in [-0.15, -0.1) is 0 Å². The van der Waals surface area contributed by atoms with Crippen molar-refractivity contribution in [3.05, 3.63) is 29.8 Å². The first-order valence-corrected chi connectivity index (χ1v) is 6.44. The molecule has 0 aliphatic heterocycles. The summed E-state index contributed by atoms with van der Waals surface area (Å²) in [6, 6.07) is 5.91. The van der Waals surface area contributed by atoms with Crippen molar-refractivity contribution in [2.24, 2.45) is 0 Å². The molecule has 0 spiro atoms. The summed E-state index contributed by atoms with van der Waals surface area (Å²) in [6.45, 7) is 2.05. The molecule has 1 aromatic rings. The number of rotatable bonds is 6. The monoisotopic (exact) mass is 288 g/mol. The van der Waals surface area contributed by atoms with E-state index in [1.165, 1.54) is 31.2 Å². The van der Waals surface area contributed by atoms with Gasteiger partial charge in [0.05, 0.1) is 0 Å². The fourth-order valence-electron chi connectivity index (χ4n) is 1.30. The molecule has 104 valence electrons. The number of amides is 2. The summed E-state index contributed by atoms with van der Waals surface area (Å²) in [6.07, 6.45) is 0. The van der Waals surface area contributed by atoms with Gasteiger partial charge in [-0.05, 0) is 24.3 Å². The predicted molar refractivity (Wildman–Crippen MR) is 69.3 cm³/mol. The first kappa shape index (κ1) is 15.4. The van der Waals surface area contributed by atoms with E-state index in [9.17, 15) is 18.4 Å². The summed E-state index contributed by atoms with van der Waals surface area (Å²) in [5.41, 5.74) is 0.390. The van der Waals surface area contributed by atoms with Crippen LogP contribution >= 0.6 is 11.8 Å². The lowest BCUT2D eigenvalue weighted by Crippen LogP contribution is -2.33. The molecule has 2 N–H and O–H groups in total. The summed E-state index contributed by atoms with van der Waals surface area (Å²) < 4.78 is 24.2. The Kier molecular flexibility index (Phi) is 6.27. The van der Waals surface area contributed by atoms with Crippen LogP contribution in [0, 0.1) is 0 Å². The molecule has 0 atom stereocenters. The predicted octanol–water partition coefficient (Wildman–Crippen LogP) is 1.87. The molecule has 0 fully saturated rings. The van der Waals surface area contributed by atoms with Crippen LogP contribution in [0.5, 0.6) is 0 Å².